The summed E-state index contributed by atoms with van der Waals surface area (Å²) in [4.78, 5) is 14.9. The smallest absolute Gasteiger partial charge is 0.288 e. The number of hydrogen-bond acceptors (Lipinski definition) is 4. The van der Waals surface area contributed by atoms with E-state index in [-0.39, 0.29) is 10.7 Å². The quantitative estimate of drug-likeness (QED) is 0.619. The lowest BCUT2D eigenvalue weighted by atomic mass is 10.1. The highest BCUT2D eigenvalue weighted by molar-refractivity contribution is 6.32. The average Bonchev–Trinajstić information content (AvgIpc) is 2.34. The zero-order valence-electron chi connectivity index (χ0n) is 11.3. The summed E-state index contributed by atoms with van der Waals surface area (Å²) in [6, 6.07) is 5.82. The molecule has 1 fully saturated rings. The fraction of sp³-hybridized carbons (Fsp3) is 0.538. The van der Waals surface area contributed by atoms with E-state index in [2.05, 4.69) is 30.7 Å². The van der Waals surface area contributed by atoms with Crippen molar-refractivity contribution in [2.45, 2.75) is 25.9 Å². The second kappa shape index (κ2) is 5.35. The van der Waals surface area contributed by atoms with Gasteiger partial charge in [-0.25, -0.2) is 0 Å². The third-order valence-corrected chi connectivity index (χ3v) is 4.16. The molecule has 0 unspecified atom stereocenters. The van der Waals surface area contributed by atoms with Crippen molar-refractivity contribution in [1.29, 1.82) is 0 Å². The maximum absolute atomic E-state index is 10.8. The van der Waals surface area contributed by atoms with Crippen LogP contribution < -0.4 is 4.90 Å². The Morgan fingerprint density at radius 1 is 1.32 bits per heavy atom. The van der Waals surface area contributed by atoms with Crippen LogP contribution in [-0.4, -0.2) is 42.0 Å². The van der Waals surface area contributed by atoms with Gasteiger partial charge in [0.15, 0.2) is 0 Å². The third kappa shape index (κ3) is 2.82. The monoisotopic (exact) mass is 283 g/mol. The second-order valence-electron chi connectivity index (χ2n) is 5.16. The van der Waals surface area contributed by atoms with Crippen LogP contribution in [0.4, 0.5) is 11.4 Å². The van der Waals surface area contributed by atoms with Gasteiger partial charge < -0.3 is 4.90 Å². The van der Waals surface area contributed by atoms with Gasteiger partial charge in [0, 0.05) is 36.9 Å². The van der Waals surface area contributed by atoms with Gasteiger partial charge in [0.05, 0.1) is 4.92 Å². The first-order chi connectivity index (χ1) is 8.90. The highest BCUT2D eigenvalue weighted by Gasteiger charge is 2.27. The van der Waals surface area contributed by atoms with Gasteiger partial charge in [-0.2, -0.15) is 0 Å². The molecule has 1 saturated heterocycles. The number of hydrogen-bond donors (Lipinski definition) is 0. The Labute approximate surface area is 117 Å². The van der Waals surface area contributed by atoms with Crippen molar-refractivity contribution in [2.24, 2.45) is 0 Å². The second-order valence-corrected chi connectivity index (χ2v) is 5.57. The number of rotatable bonds is 2. The first-order valence-electron chi connectivity index (χ1n) is 6.31. The van der Waals surface area contributed by atoms with Gasteiger partial charge >= 0.3 is 0 Å². The number of piperazine rings is 1. The number of nitro benzene ring substituents is 1. The Bertz CT molecular complexity index is 483. The molecule has 0 aliphatic carbocycles. The predicted octanol–water partition coefficient (Wildman–Crippen LogP) is 2.78. The highest BCUT2D eigenvalue weighted by atomic mass is 35.5. The molecular weight excluding hydrogens is 266 g/mol. The molecule has 1 aliphatic heterocycles. The van der Waals surface area contributed by atoms with E-state index in [9.17, 15) is 10.1 Å². The van der Waals surface area contributed by atoms with Crippen LogP contribution in [0.2, 0.25) is 5.02 Å². The number of anilines is 1. The van der Waals surface area contributed by atoms with Crippen LogP contribution in [0.1, 0.15) is 13.8 Å². The minimum Gasteiger partial charge on any atom is -0.368 e. The standard InChI is InChI=1S/C13H18ClN3O2/c1-9-7-16(8-10(2)15(9)3)11-4-5-13(17(18)19)12(14)6-11/h4-6,9-10H,7-8H2,1-3H3/t9-,10+. The Balaban J connectivity index is 2.23. The molecule has 1 aromatic rings. The molecule has 1 aliphatic rings. The van der Waals surface area contributed by atoms with Crippen molar-refractivity contribution in [3.8, 4) is 0 Å². The van der Waals surface area contributed by atoms with Crippen LogP contribution in [0.3, 0.4) is 0 Å². The molecular formula is C13H18ClN3O2. The summed E-state index contributed by atoms with van der Waals surface area (Å²) in [5.41, 5.74) is 0.906. The molecule has 0 bridgehead atoms. The van der Waals surface area contributed by atoms with Crippen molar-refractivity contribution < 1.29 is 4.92 Å². The molecule has 5 nitrogen and oxygen atoms in total. The van der Waals surface area contributed by atoms with Crippen molar-refractivity contribution in [2.75, 3.05) is 25.0 Å². The van der Waals surface area contributed by atoms with Crippen molar-refractivity contribution >= 4 is 23.0 Å². The van der Waals surface area contributed by atoms with Gasteiger partial charge in [-0.15, -0.1) is 0 Å². The molecule has 0 aromatic heterocycles. The summed E-state index contributed by atoms with van der Waals surface area (Å²) >= 11 is 5.97. The topological polar surface area (TPSA) is 49.6 Å². The summed E-state index contributed by atoms with van der Waals surface area (Å²) in [7, 11) is 2.12. The summed E-state index contributed by atoms with van der Waals surface area (Å²) in [5.74, 6) is 0. The SMILES string of the molecule is C[C@@H]1CN(c2ccc([N+](=O)[O-])c(Cl)c2)C[C@H](C)N1C. The first-order valence-corrected chi connectivity index (χ1v) is 6.68. The van der Waals surface area contributed by atoms with Crippen LogP contribution in [0.15, 0.2) is 18.2 Å². The predicted molar refractivity (Wildman–Crippen MR) is 77.0 cm³/mol. The molecule has 19 heavy (non-hydrogen) atoms. The van der Waals surface area contributed by atoms with E-state index in [1.54, 1.807) is 12.1 Å². The zero-order chi connectivity index (χ0) is 14.2. The normalized spacial score (nSPS) is 24.5. The van der Waals surface area contributed by atoms with Crippen molar-refractivity contribution in [1.82, 2.24) is 4.90 Å². The Hall–Kier alpha value is -1.33. The summed E-state index contributed by atoms with van der Waals surface area (Å²) in [6.45, 7) is 6.15. The van der Waals surface area contributed by atoms with Crippen LogP contribution in [0.25, 0.3) is 0 Å². The molecule has 1 aromatic carbocycles. The van der Waals surface area contributed by atoms with E-state index in [0.717, 1.165) is 18.8 Å². The van der Waals surface area contributed by atoms with Gasteiger partial charge in [-0.05, 0) is 33.0 Å². The zero-order valence-corrected chi connectivity index (χ0v) is 12.1. The maximum atomic E-state index is 10.8. The Kier molecular flexibility index (Phi) is 3.96. The van der Waals surface area contributed by atoms with E-state index in [0.29, 0.717) is 12.1 Å². The average molecular weight is 284 g/mol. The van der Waals surface area contributed by atoms with Gasteiger partial charge in [0.2, 0.25) is 0 Å². The fourth-order valence-corrected chi connectivity index (χ4v) is 2.70. The molecule has 0 radical (unpaired) electrons. The number of likely N-dealkylation sites (N-methyl/N-ethyl adjacent to an activating group) is 1. The minimum atomic E-state index is -0.457. The van der Waals surface area contributed by atoms with Gasteiger partial charge in [0.25, 0.3) is 5.69 Å². The van der Waals surface area contributed by atoms with Gasteiger partial charge in [-0.3, -0.25) is 15.0 Å². The summed E-state index contributed by atoms with van der Waals surface area (Å²) < 4.78 is 0. The van der Waals surface area contributed by atoms with E-state index >= 15 is 0 Å². The highest BCUT2D eigenvalue weighted by Crippen LogP contribution is 2.30. The fourth-order valence-electron chi connectivity index (χ4n) is 2.46. The van der Waals surface area contributed by atoms with Crippen molar-refractivity contribution in [3.63, 3.8) is 0 Å². The van der Waals surface area contributed by atoms with E-state index in [4.69, 9.17) is 11.6 Å². The van der Waals surface area contributed by atoms with Crippen LogP contribution in [0.5, 0.6) is 0 Å². The number of benzene rings is 1. The van der Waals surface area contributed by atoms with Crippen LogP contribution >= 0.6 is 11.6 Å². The van der Waals surface area contributed by atoms with Crippen LogP contribution in [-0.2, 0) is 0 Å². The minimum absolute atomic E-state index is 0.0411. The first kappa shape index (κ1) is 14.1. The lowest BCUT2D eigenvalue weighted by Crippen LogP contribution is -2.55. The summed E-state index contributed by atoms with van der Waals surface area (Å²) in [6.07, 6.45) is 0. The molecule has 104 valence electrons. The number of halogens is 1. The largest absolute Gasteiger partial charge is 0.368 e. The molecule has 0 amide bonds. The molecule has 0 spiro atoms. The van der Waals surface area contributed by atoms with Crippen molar-refractivity contribution in [3.05, 3.63) is 33.3 Å². The molecule has 2 rings (SSSR count). The number of nitro groups is 1. The maximum Gasteiger partial charge on any atom is 0.288 e. The Morgan fingerprint density at radius 2 is 1.89 bits per heavy atom. The van der Waals surface area contributed by atoms with Gasteiger partial charge in [-0.1, -0.05) is 11.6 Å². The molecule has 2 atom stereocenters. The van der Waals surface area contributed by atoms with Crippen LogP contribution in [0, 0.1) is 10.1 Å². The molecule has 0 saturated carbocycles. The van der Waals surface area contributed by atoms with Gasteiger partial charge in [0.1, 0.15) is 5.02 Å². The van der Waals surface area contributed by atoms with E-state index < -0.39 is 4.92 Å². The number of nitrogens with zero attached hydrogens (tertiary/aromatic N) is 3. The van der Waals surface area contributed by atoms with E-state index in [1.165, 1.54) is 6.07 Å². The Morgan fingerprint density at radius 3 is 2.37 bits per heavy atom. The molecule has 6 heteroatoms. The lowest BCUT2D eigenvalue weighted by Gasteiger charge is -2.43. The third-order valence-electron chi connectivity index (χ3n) is 3.85. The lowest BCUT2D eigenvalue weighted by molar-refractivity contribution is -0.384. The molecule has 1 heterocycles. The molecule has 0 N–H and O–H groups in total. The summed E-state index contributed by atoms with van der Waals surface area (Å²) in [5, 5.41) is 11.0. The van der Waals surface area contributed by atoms with E-state index in [1.807, 2.05) is 0 Å².